The molecule has 3 atom stereocenters. The predicted molar refractivity (Wildman–Crippen MR) is 61.7 cm³/mol. The molecule has 0 radical (unpaired) electrons. The van der Waals surface area contributed by atoms with Gasteiger partial charge < -0.3 is 15.6 Å². The Balaban J connectivity index is 2.26. The van der Waals surface area contributed by atoms with Crippen LogP contribution in [-0.4, -0.2) is 30.0 Å². The van der Waals surface area contributed by atoms with Crippen LogP contribution in [0.5, 0.6) is 0 Å². The van der Waals surface area contributed by atoms with Gasteiger partial charge in [0.05, 0.1) is 11.7 Å². The average molecular weight is 215 g/mol. The molecule has 0 spiro atoms. The molecule has 1 aliphatic rings. The van der Waals surface area contributed by atoms with Crippen LogP contribution in [0.1, 0.15) is 46.0 Å². The smallest absolute Gasteiger partial charge is 0.0798 e. The fraction of sp³-hybridized carbons (Fsp3) is 1.00. The topological polar surface area (TPSA) is 55.5 Å². The molecule has 3 unspecified atom stereocenters. The maximum absolute atomic E-state index is 10.2. The highest BCUT2D eigenvalue weighted by Crippen LogP contribution is 2.37. The molecule has 0 saturated heterocycles. The number of hydrogen-bond acceptors (Lipinski definition) is 3. The summed E-state index contributed by atoms with van der Waals surface area (Å²) in [6.45, 7) is 5.35. The Morgan fingerprint density at radius 3 is 2.93 bits per heavy atom. The van der Waals surface area contributed by atoms with Crippen LogP contribution in [0.2, 0.25) is 0 Å². The van der Waals surface area contributed by atoms with Crippen LogP contribution in [0.3, 0.4) is 0 Å². The highest BCUT2D eigenvalue weighted by molar-refractivity contribution is 4.92. The van der Waals surface area contributed by atoms with E-state index in [0.29, 0.717) is 18.6 Å². The highest BCUT2D eigenvalue weighted by Gasteiger charge is 2.39. The van der Waals surface area contributed by atoms with Gasteiger partial charge in [-0.1, -0.05) is 13.3 Å². The van der Waals surface area contributed by atoms with Crippen LogP contribution in [0, 0.1) is 5.92 Å². The van der Waals surface area contributed by atoms with Crippen molar-refractivity contribution in [3.05, 3.63) is 0 Å². The van der Waals surface area contributed by atoms with Gasteiger partial charge in [0.25, 0.3) is 0 Å². The molecule has 15 heavy (non-hydrogen) atoms. The third-order valence-electron chi connectivity index (χ3n) is 3.72. The third kappa shape index (κ3) is 3.44. The lowest BCUT2D eigenvalue weighted by Gasteiger charge is -2.28. The molecule has 0 aromatic rings. The number of rotatable bonds is 6. The van der Waals surface area contributed by atoms with Crippen molar-refractivity contribution in [2.75, 3.05) is 13.2 Å². The van der Waals surface area contributed by atoms with Crippen molar-refractivity contribution in [3.8, 4) is 0 Å². The summed E-state index contributed by atoms with van der Waals surface area (Å²) in [4.78, 5) is 0. The largest absolute Gasteiger partial charge is 0.388 e. The van der Waals surface area contributed by atoms with Crippen molar-refractivity contribution in [2.45, 2.75) is 57.7 Å². The van der Waals surface area contributed by atoms with Gasteiger partial charge in [0.15, 0.2) is 0 Å². The highest BCUT2D eigenvalue weighted by atomic mass is 16.5. The van der Waals surface area contributed by atoms with E-state index in [2.05, 4.69) is 13.8 Å². The first-order chi connectivity index (χ1) is 7.12. The Kier molecular flexibility index (Phi) is 5.03. The van der Waals surface area contributed by atoms with E-state index < -0.39 is 5.60 Å². The second-order valence-corrected chi connectivity index (χ2v) is 4.78. The lowest BCUT2D eigenvalue weighted by Crippen LogP contribution is -2.41. The lowest BCUT2D eigenvalue weighted by atomic mass is 9.88. The third-order valence-corrected chi connectivity index (χ3v) is 3.72. The fourth-order valence-corrected chi connectivity index (χ4v) is 2.34. The van der Waals surface area contributed by atoms with Gasteiger partial charge in [-0.15, -0.1) is 0 Å². The molecule has 3 N–H and O–H groups in total. The van der Waals surface area contributed by atoms with Gasteiger partial charge in [0.1, 0.15) is 0 Å². The molecule has 0 bridgehead atoms. The molecule has 3 heteroatoms. The first kappa shape index (κ1) is 12.9. The summed E-state index contributed by atoms with van der Waals surface area (Å²) in [6, 6.07) is 0. The average Bonchev–Trinajstić information content (AvgIpc) is 2.61. The minimum atomic E-state index is -0.612. The molecule has 0 aromatic carbocycles. The van der Waals surface area contributed by atoms with E-state index in [1.807, 2.05) is 0 Å². The van der Waals surface area contributed by atoms with E-state index in [4.69, 9.17) is 10.5 Å². The second-order valence-electron chi connectivity index (χ2n) is 4.78. The summed E-state index contributed by atoms with van der Waals surface area (Å²) >= 11 is 0. The molecular weight excluding hydrogens is 190 g/mol. The van der Waals surface area contributed by atoms with Crippen LogP contribution in [0.15, 0.2) is 0 Å². The monoisotopic (exact) mass is 215 g/mol. The Bertz CT molecular complexity index is 186. The van der Waals surface area contributed by atoms with Crippen molar-refractivity contribution >= 4 is 0 Å². The Morgan fingerprint density at radius 1 is 1.60 bits per heavy atom. The van der Waals surface area contributed by atoms with E-state index >= 15 is 0 Å². The van der Waals surface area contributed by atoms with Crippen LogP contribution in [0.25, 0.3) is 0 Å². The Morgan fingerprint density at radius 2 is 2.33 bits per heavy atom. The van der Waals surface area contributed by atoms with Crippen LogP contribution in [-0.2, 0) is 4.74 Å². The van der Waals surface area contributed by atoms with Gasteiger partial charge in [-0.25, -0.2) is 0 Å². The molecule has 90 valence electrons. The zero-order chi connectivity index (χ0) is 11.3. The van der Waals surface area contributed by atoms with Crippen molar-refractivity contribution in [1.29, 1.82) is 0 Å². The molecule has 3 nitrogen and oxygen atoms in total. The summed E-state index contributed by atoms with van der Waals surface area (Å²) in [6.07, 6.45) is 5.37. The first-order valence-electron chi connectivity index (χ1n) is 6.16. The molecule has 0 amide bonds. The van der Waals surface area contributed by atoms with Gasteiger partial charge in [-0.3, -0.25) is 0 Å². The van der Waals surface area contributed by atoms with Crippen molar-refractivity contribution in [1.82, 2.24) is 0 Å². The minimum absolute atomic E-state index is 0.331. The van der Waals surface area contributed by atoms with Gasteiger partial charge >= 0.3 is 0 Å². The minimum Gasteiger partial charge on any atom is -0.388 e. The van der Waals surface area contributed by atoms with Crippen LogP contribution in [0.4, 0.5) is 0 Å². The summed E-state index contributed by atoms with van der Waals surface area (Å²) in [7, 11) is 0. The number of ether oxygens (including phenoxy) is 1. The van der Waals surface area contributed by atoms with E-state index in [0.717, 1.165) is 38.7 Å². The van der Waals surface area contributed by atoms with E-state index in [1.165, 1.54) is 0 Å². The standard InChI is InChI=1S/C12H25NO2/c1-3-10(2)15-8-6-11-5-4-7-12(11,14)9-13/h10-11,14H,3-9,13H2,1-2H3. The second kappa shape index (κ2) is 5.83. The van der Waals surface area contributed by atoms with Crippen molar-refractivity contribution in [3.63, 3.8) is 0 Å². The molecule has 1 fully saturated rings. The number of hydrogen-bond donors (Lipinski definition) is 2. The molecule has 1 aliphatic carbocycles. The maximum atomic E-state index is 10.2. The summed E-state index contributed by atoms with van der Waals surface area (Å²) in [5.74, 6) is 0.339. The van der Waals surface area contributed by atoms with Gasteiger partial charge in [-0.2, -0.15) is 0 Å². The summed E-state index contributed by atoms with van der Waals surface area (Å²) in [5, 5.41) is 10.2. The predicted octanol–water partition coefficient (Wildman–Crippen LogP) is 1.68. The molecule has 0 aliphatic heterocycles. The molecule has 0 aromatic heterocycles. The van der Waals surface area contributed by atoms with E-state index in [1.54, 1.807) is 0 Å². The molecule has 0 heterocycles. The quantitative estimate of drug-likeness (QED) is 0.709. The van der Waals surface area contributed by atoms with Crippen LogP contribution < -0.4 is 5.73 Å². The van der Waals surface area contributed by atoms with E-state index in [-0.39, 0.29) is 0 Å². The van der Waals surface area contributed by atoms with Gasteiger partial charge in [0, 0.05) is 13.2 Å². The zero-order valence-corrected chi connectivity index (χ0v) is 10.0. The Hall–Kier alpha value is -0.120. The normalized spacial score (nSPS) is 33.2. The summed E-state index contributed by atoms with van der Waals surface area (Å²) < 4.78 is 5.64. The molecular formula is C12H25NO2. The first-order valence-corrected chi connectivity index (χ1v) is 6.16. The zero-order valence-electron chi connectivity index (χ0n) is 10.0. The van der Waals surface area contributed by atoms with Gasteiger partial charge in [0.2, 0.25) is 0 Å². The van der Waals surface area contributed by atoms with E-state index in [9.17, 15) is 5.11 Å². The van der Waals surface area contributed by atoms with Gasteiger partial charge in [-0.05, 0) is 38.5 Å². The SMILES string of the molecule is CCC(C)OCCC1CCCC1(O)CN. The Labute approximate surface area is 93.0 Å². The maximum Gasteiger partial charge on any atom is 0.0798 e. The lowest BCUT2D eigenvalue weighted by molar-refractivity contribution is -0.0136. The van der Waals surface area contributed by atoms with Crippen LogP contribution >= 0.6 is 0 Å². The fourth-order valence-electron chi connectivity index (χ4n) is 2.34. The van der Waals surface area contributed by atoms with Crippen molar-refractivity contribution < 1.29 is 9.84 Å². The number of nitrogens with two attached hydrogens (primary N) is 1. The van der Waals surface area contributed by atoms with Crippen molar-refractivity contribution in [2.24, 2.45) is 11.7 Å². The number of aliphatic hydroxyl groups is 1. The molecule has 1 rings (SSSR count). The molecule has 1 saturated carbocycles. The summed E-state index contributed by atoms with van der Waals surface area (Å²) in [5.41, 5.74) is 5.01.